The molecule has 0 radical (unpaired) electrons. The number of likely N-dealkylation sites (N-methyl/N-ethyl adjacent to an activating group) is 6. The Labute approximate surface area is 528 Å². The summed E-state index contributed by atoms with van der Waals surface area (Å²) in [6.07, 6.45) is 1.19. The fourth-order valence-electron chi connectivity index (χ4n) is 12.6. The molecule has 504 valence electrons. The van der Waals surface area contributed by atoms with Crippen molar-refractivity contribution in [2.75, 3.05) is 68.5 Å². The van der Waals surface area contributed by atoms with Gasteiger partial charge in [-0.15, -0.1) is 0 Å². The van der Waals surface area contributed by atoms with E-state index in [9.17, 15) is 70.3 Å². The predicted molar refractivity (Wildman–Crippen MR) is 327 cm³/mol. The highest BCUT2D eigenvalue weighted by atomic mass is 19.4. The third kappa shape index (κ3) is 19.3. The molecule has 4 aliphatic rings. The van der Waals surface area contributed by atoms with Gasteiger partial charge in [0.1, 0.15) is 47.6 Å². The van der Waals surface area contributed by atoms with Gasteiger partial charge in [-0.1, -0.05) is 99.0 Å². The number of hydrogen-bond acceptors (Lipinski definition) is 11. The predicted octanol–water partition coefficient (Wildman–Crippen LogP) is 4.65. The van der Waals surface area contributed by atoms with Crippen molar-refractivity contribution in [2.45, 2.75) is 212 Å². The smallest absolute Gasteiger partial charge is 0.351 e. The zero-order valence-corrected chi connectivity index (χ0v) is 55.1. The van der Waals surface area contributed by atoms with Crippen molar-refractivity contribution in [2.24, 2.45) is 23.7 Å². The van der Waals surface area contributed by atoms with Crippen molar-refractivity contribution >= 4 is 65.0 Å². The van der Waals surface area contributed by atoms with Crippen molar-refractivity contribution in [3.8, 4) is 0 Å². The Balaban J connectivity index is 1.53. The molecule has 2 heterocycles. The Morgan fingerprint density at radius 2 is 1.19 bits per heavy atom. The zero-order valence-electron chi connectivity index (χ0n) is 55.1. The maximum Gasteiger partial charge on any atom is 0.419 e. The first-order valence-electron chi connectivity index (χ1n) is 32.0. The van der Waals surface area contributed by atoms with Gasteiger partial charge in [0.15, 0.2) is 0 Å². The van der Waals surface area contributed by atoms with Gasteiger partial charge in [0.25, 0.3) is 0 Å². The largest absolute Gasteiger partial charge is 0.419 e. The molecule has 1 unspecified atom stereocenters. The fourth-order valence-corrected chi connectivity index (χ4v) is 12.6. The fraction of sp³-hybridized carbons (Fsp3) is 0.734. The van der Waals surface area contributed by atoms with Crippen molar-refractivity contribution < 1.29 is 70.3 Å². The van der Waals surface area contributed by atoms with Crippen molar-refractivity contribution in [3.05, 3.63) is 35.1 Å². The second-order valence-electron chi connectivity index (χ2n) is 26.7. The van der Waals surface area contributed by atoms with Crippen LogP contribution in [0.3, 0.4) is 0 Å². The number of amides is 11. The minimum atomic E-state index is -4.99. The first kappa shape index (κ1) is 73.8. The van der Waals surface area contributed by atoms with Crippen LogP contribution in [0.5, 0.6) is 0 Å². The summed E-state index contributed by atoms with van der Waals surface area (Å²) >= 11 is 0. The number of nitrogens with zero attached hydrogens (tertiary/aromatic N) is 7. The van der Waals surface area contributed by atoms with Gasteiger partial charge in [0.2, 0.25) is 65.0 Å². The molecule has 2 saturated heterocycles. The maximum absolute atomic E-state index is 15.0. The van der Waals surface area contributed by atoms with Crippen LogP contribution < -0.4 is 21.3 Å². The third-order valence-electron chi connectivity index (χ3n) is 18.5. The summed E-state index contributed by atoms with van der Waals surface area (Å²) in [6.45, 7) is 11.1. The van der Waals surface area contributed by atoms with E-state index < -0.39 is 156 Å². The second-order valence-corrected chi connectivity index (χ2v) is 26.7. The second kappa shape index (κ2) is 32.4. The number of benzene rings is 1. The van der Waals surface area contributed by atoms with Crippen LogP contribution in [0.15, 0.2) is 18.2 Å². The van der Waals surface area contributed by atoms with Gasteiger partial charge in [-0.3, -0.25) is 52.7 Å². The first-order chi connectivity index (χ1) is 42.1. The van der Waals surface area contributed by atoms with Gasteiger partial charge in [0.05, 0.1) is 25.2 Å². The zero-order chi connectivity index (χ0) is 67.3. The normalized spacial score (nSPS) is 26.2. The summed E-state index contributed by atoms with van der Waals surface area (Å²) in [4.78, 5) is 167. The van der Waals surface area contributed by atoms with E-state index in [-0.39, 0.29) is 87.6 Å². The highest BCUT2D eigenvalue weighted by Gasteiger charge is 2.50. The van der Waals surface area contributed by atoms with Crippen LogP contribution in [0.2, 0.25) is 0 Å². The molecule has 2 saturated carbocycles. The number of nitrogens with one attached hydrogen (secondary N) is 4. The monoisotopic (exact) mass is 1270 g/mol. The molecule has 26 heteroatoms. The number of carbonyl (C=O) groups excluding carboxylic acids is 11. The quantitative estimate of drug-likeness (QED) is 0.222. The lowest BCUT2D eigenvalue weighted by Gasteiger charge is -2.44. The van der Waals surface area contributed by atoms with Gasteiger partial charge in [0, 0.05) is 61.3 Å². The van der Waals surface area contributed by atoms with E-state index in [1.54, 1.807) is 13.8 Å². The number of fused-ring (bicyclic) bond motifs is 1. The number of hydrogen-bond donors (Lipinski definition) is 4. The van der Waals surface area contributed by atoms with Gasteiger partial charge in [-0.25, -0.2) is 4.39 Å². The average Bonchev–Trinajstić information content (AvgIpc) is 1.37. The molecule has 2 aliphatic carbocycles. The Morgan fingerprint density at radius 3 is 1.74 bits per heavy atom. The lowest BCUT2D eigenvalue weighted by Crippen LogP contribution is -2.67. The van der Waals surface area contributed by atoms with Crippen molar-refractivity contribution in [1.82, 2.24) is 55.6 Å². The molecule has 8 atom stereocenters. The number of halogens is 4. The molecule has 4 N–H and O–H groups in total. The number of carbonyl (C=O) groups is 11. The van der Waals surface area contributed by atoms with E-state index >= 15 is 0 Å². The van der Waals surface area contributed by atoms with Gasteiger partial charge in [-0.2, -0.15) is 13.2 Å². The molecule has 1 aromatic rings. The molecule has 4 fully saturated rings. The summed E-state index contributed by atoms with van der Waals surface area (Å²) in [5.41, 5.74) is -2.94. The summed E-state index contributed by atoms with van der Waals surface area (Å²) < 4.78 is 55.6. The lowest BCUT2D eigenvalue weighted by molar-refractivity contribution is -0.153. The molecule has 22 nitrogen and oxygen atoms in total. The van der Waals surface area contributed by atoms with Crippen LogP contribution in [0.4, 0.5) is 17.6 Å². The standard InChI is InChI=1S/C64H99F4N11O11/c1-14-40(6)55-61(89)75(10)36-53(82)73(8)37-54(83)77(12)50(34-42-20-16-15-17-21-42)60(88)74(9)35-51(80)70-46(25-23-43-22-24-44(45(65)33-43)64(66,67)68)59(87)79-29-26-47(79)58(86)72-63(27-18-19-28-63)62(90)78(13)49(31-39(4)5)56(84)69-41(7)32-52(81)76(11)48(30-38(2)3)57(85)71-55/h22,24,33,38-42,46-50,55H,14-21,23,25-32,34-37H2,1-13H3,(H,69,84)(H,70,80)(H,71,85)(H,72,86)/t40?,41-,46+,47+,48+,49+,50+,55+/m1/s1. The van der Waals surface area contributed by atoms with E-state index in [4.69, 9.17) is 0 Å². The first-order valence-corrected chi connectivity index (χ1v) is 32.0. The molecular weight excluding hydrogens is 1170 g/mol. The molecule has 11 amide bonds. The Morgan fingerprint density at radius 1 is 0.622 bits per heavy atom. The van der Waals surface area contributed by atoms with Gasteiger partial charge < -0.3 is 55.6 Å². The Hall–Kier alpha value is -6.89. The van der Waals surface area contributed by atoms with Crippen LogP contribution in [0.1, 0.15) is 162 Å². The van der Waals surface area contributed by atoms with E-state index in [0.29, 0.717) is 31.4 Å². The molecule has 90 heavy (non-hydrogen) atoms. The lowest BCUT2D eigenvalue weighted by atomic mass is 9.84. The van der Waals surface area contributed by atoms with Crippen molar-refractivity contribution in [1.29, 1.82) is 0 Å². The molecular formula is C64H99F4N11O11. The van der Waals surface area contributed by atoms with E-state index in [1.165, 1.54) is 61.9 Å². The molecule has 2 aliphatic heterocycles. The number of alkyl halides is 3. The molecule has 0 aromatic heterocycles. The maximum atomic E-state index is 15.0. The average molecular weight is 1270 g/mol. The third-order valence-corrected chi connectivity index (χ3v) is 18.5. The summed E-state index contributed by atoms with van der Waals surface area (Å²) in [5.74, 6) is -9.27. The topological polar surface area (TPSA) is 259 Å². The van der Waals surface area contributed by atoms with E-state index in [1.807, 2.05) is 34.6 Å². The van der Waals surface area contributed by atoms with Crippen LogP contribution in [-0.4, -0.2) is 216 Å². The highest BCUT2D eigenvalue weighted by Crippen LogP contribution is 2.35. The van der Waals surface area contributed by atoms with E-state index in [2.05, 4.69) is 21.3 Å². The van der Waals surface area contributed by atoms with E-state index in [0.717, 1.165) is 52.9 Å². The van der Waals surface area contributed by atoms with Crippen LogP contribution in [0.25, 0.3) is 0 Å². The molecule has 1 spiro atoms. The minimum absolute atomic E-state index is 0.0174. The molecule has 1 aromatic carbocycles. The summed E-state index contributed by atoms with van der Waals surface area (Å²) in [6, 6.07) is -5.55. The SMILES string of the molecule is CCC(C)[C@@H]1NC(=O)[C@H](CC(C)C)N(C)C(=O)C[C@@H](C)NC(=O)[C@H](CC(C)C)N(C)C(=O)C2(CCCC2)NC(=O)[C@@H]2CCN2C(=O)[C@H](CCc2ccc(C(F)(F)F)c(F)c2)NC(=O)CN(C)C(=O)[C@H](CC2CCCCC2)N(C)C(=O)CN(C)C(=O)CN(C)C1=O. The number of aryl methyl sites for hydroxylation is 1. The molecule has 5 rings (SSSR count). The Kier molecular flexibility index (Phi) is 26.6. The highest BCUT2D eigenvalue weighted by molar-refractivity contribution is 5.99. The van der Waals surface area contributed by atoms with Crippen LogP contribution in [-0.2, 0) is 65.3 Å². The minimum Gasteiger partial charge on any atom is -0.351 e. The van der Waals surface area contributed by atoms with Crippen LogP contribution >= 0.6 is 0 Å². The van der Waals surface area contributed by atoms with Gasteiger partial charge in [-0.05, 0) is 99.7 Å². The number of rotatable bonds is 11. The molecule has 0 bridgehead atoms. The summed E-state index contributed by atoms with van der Waals surface area (Å²) in [7, 11) is 8.47. The van der Waals surface area contributed by atoms with Crippen LogP contribution in [0, 0.1) is 29.5 Å². The Bertz CT molecular complexity index is 2760. The summed E-state index contributed by atoms with van der Waals surface area (Å²) in [5, 5.41) is 11.4. The van der Waals surface area contributed by atoms with Gasteiger partial charge >= 0.3 is 6.18 Å². The van der Waals surface area contributed by atoms with Crippen molar-refractivity contribution in [3.63, 3.8) is 0 Å².